The molecular weight excluding hydrogens is 406 g/mol. The van der Waals surface area contributed by atoms with Gasteiger partial charge in [-0.3, -0.25) is 9.79 Å². The summed E-state index contributed by atoms with van der Waals surface area (Å²) in [5.41, 5.74) is 0.945. The van der Waals surface area contributed by atoms with Crippen molar-refractivity contribution in [3.8, 4) is 0 Å². The second-order valence-corrected chi connectivity index (χ2v) is 9.24. The van der Waals surface area contributed by atoms with Crippen LogP contribution in [0.5, 0.6) is 0 Å². The molecule has 0 radical (unpaired) electrons. The van der Waals surface area contributed by atoms with Crippen LogP contribution in [0.2, 0.25) is 0 Å². The van der Waals surface area contributed by atoms with Crippen LogP contribution in [0.15, 0.2) is 57.0 Å². The van der Waals surface area contributed by atoms with Crippen LogP contribution in [0.4, 0.5) is 0 Å². The molecule has 2 aromatic rings. The van der Waals surface area contributed by atoms with Gasteiger partial charge in [0.05, 0.1) is 11.2 Å². The summed E-state index contributed by atoms with van der Waals surface area (Å²) in [5, 5.41) is 3.30. The summed E-state index contributed by atoms with van der Waals surface area (Å²) in [6, 6.07) is 10.2. The van der Waals surface area contributed by atoms with Gasteiger partial charge in [-0.1, -0.05) is 12.1 Å². The number of hydrogen-bond donors (Lipinski definition) is 1. The first-order valence-corrected chi connectivity index (χ1v) is 11.1. The molecule has 1 aliphatic heterocycles. The van der Waals surface area contributed by atoms with Crippen molar-refractivity contribution in [1.29, 1.82) is 0 Å². The number of carbonyl (C=O) groups excluding carboxylic acids is 1. The van der Waals surface area contributed by atoms with Crippen LogP contribution in [-0.2, 0) is 16.6 Å². The fraction of sp³-hybridized carbons (Fsp3) is 0.400. The van der Waals surface area contributed by atoms with Gasteiger partial charge in [0, 0.05) is 53.9 Å². The van der Waals surface area contributed by atoms with Crippen LogP contribution in [0, 0.1) is 0 Å². The second kappa shape index (κ2) is 9.31. The van der Waals surface area contributed by atoms with Crippen LogP contribution in [0.3, 0.4) is 0 Å². The SMILES string of the molecule is CN=C(NCc1ccc(S(=O)(=O)N(C)C)cc1)N1CCN(C(=O)c2ccco2)CC1. The Morgan fingerprint density at radius 2 is 1.73 bits per heavy atom. The summed E-state index contributed by atoms with van der Waals surface area (Å²) in [7, 11) is 1.31. The van der Waals surface area contributed by atoms with Gasteiger partial charge in [-0.15, -0.1) is 0 Å². The molecule has 2 heterocycles. The molecule has 1 aromatic heterocycles. The van der Waals surface area contributed by atoms with E-state index in [1.807, 2.05) is 0 Å². The molecule has 0 bridgehead atoms. The first-order chi connectivity index (χ1) is 14.3. The standard InChI is InChI=1S/C20H27N5O4S/c1-21-20(22-15-16-6-8-17(9-7-16)30(27,28)23(2)3)25-12-10-24(11-13-25)19(26)18-5-4-14-29-18/h4-9,14H,10-13,15H2,1-3H3,(H,21,22). The van der Waals surface area contributed by atoms with Crippen LogP contribution < -0.4 is 5.32 Å². The van der Waals surface area contributed by atoms with E-state index < -0.39 is 10.0 Å². The predicted octanol–water partition coefficient (Wildman–Crippen LogP) is 1.06. The number of hydrogen-bond acceptors (Lipinski definition) is 5. The molecule has 0 atom stereocenters. The lowest BCUT2D eigenvalue weighted by atomic mass is 10.2. The van der Waals surface area contributed by atoms with Crippen molar-refractivity contribution >= 4 is 21.9 Å². The van der Waals surface area contributed by atoms with E-state index in [-0.39, 0.29) is 10.8 Å². The number of aliphatic imine (C=N–C) groups is 1. The molecule has 1 aliphatic rings. The van der Waals surface area contributed by atoms with Gasteiger partial charge in [-0.05, 0) is 29.8 Å². The minimum Gasteiger partial charge on any atom is -0.459 e. The molecule has 0 saturated carbocycles. The lowest BCUT2D eigenvalue weighted by Crippen LogP contribution is -2.53. The maximum absolute atomic E-state index is 12.4. The molecule has 3 rings (SSSR count). The van der Waals surface area contributed by atoms with Crippen molar-refractivity contribution in [2.24, 2.45) is 4.99 Å². The summed E-state index contributed by atoms with van der Waals surface area (Å²) in [6.07, 6.45) is 1.50. The molecule has 1 saturated heterocycles. The van der Waals surface area contributed by atoms with Crippen molar-refractivity contribution in [3.05, 3.63) is 54.0 Å². The Bertz CT molecular complexity index is 977. The topological polar surface area (TPSA) is 98.5 Å². The van der Waals surface area contributed by atoms with E-state index in [1.54, 1.807) is 48.3 Å². The molecule has 162 valence electrons. The quantitative estimate of drug-likeness (QED) is 0.559. The third-order valence-electron chi connectivity index (χ3n) is 4.96. The highest BCUT2D eigenvalue weighted by Gasteiger charge is 2.25. The van der Waals surface area contributed by atoms with E-state index in [1.165, 1.54) is 24.7 Å². The Morgan fingerprint density at radius 1 is 1.10 bits per heavy atom. The van der Waals surface area contributed by atoms with Crippen LogP contribution in [0.1, 0.15) is 16.1 Å². The number of guanidine groups is 1. The van der Waals surface area contributed by atoms with Crippen LogP contribution >= 0.6 is 0 Å². The minimum atomic E-state index is -3.43. The number of furan rings is 1. The molecule has 0 aliphatic carbocycles. The van der Waals surface area contributed by atoms with Crippen molar-refractivity contribution in [2.45, 2.75) is 11.4 Å². The Hall–Kier alpha value is -2.85. The number of nitrogens with one attached hydrogen (secondary N) is 1. The Morgan fingerprint density at radius 3 is 2.27 bits per heavy atom. The number of sulfonamides is 1. The molecule has 0 spiro atoms. The molecule has 0 unspecified atom stereocenters. The highest BCUT2D eigenvalue weighted by molar-refractivity contribution is 7.89. The number of carbonyl (C=O) groups is 1. The fourth-order valence-corrected chi connectivity index (χ4v) is 4.08. The molecule has 1 fully saturated rings. The number of amides is 1. The Balaban J connectivity index is 1.54. The average Bonchev–Trinajstić information content (AvgIpc) is 3.29. The first-order valence-electron chi connectivity index (χ1n) is 9.63. The largest absolute Gasteiger partial charge is 0.459 e. The molecule has 10 heteroatoms. The van der Waals surface area contributed by atoms with Gasteiger partial charge in [0.1, 0.15) is 0 Å². The molecule has 1 amide bonds. The van der Waals surface area contributed by atoms with Crippen molar-refractivity contribution in [3.63, 3.8) is 0 Å². The van der Waals surface area contributed by atoms with E-state index in [2.05, 4.69) is 15.2 Å². The van der Waals surface area contributed by atoms with Gasteiger partial charge in [0.2, 0.25) is 10.0 Å². The molecule has 9 nitrogen and oxygen atoms in total. The molecular formula is C20H27N5O4S. The van der Waals surface area contributed by atoms with Gasteiger partial charge in [-0.2, -0.15) is 0 Å². The third-order valence-corrected chi connectivity index (χ3v) is 6.79. The number of nitrogens with zero attached hydrogens (tertiary/aromatic N) is 4. The van der Waals surface area contributed by atoms with Gasteiger partial charge >= 0.3 is 0 Å². The summed E-state index contributed by atoms with van der Waals surface area (Å²) >= 11 is 0. The number of piperazine rings is 1. The summed E-state index contributed by atoms with van der Waals surface area (Å²) in [6.45, 7) is 2.99. The van der Waals surface area contributed by atoms with E-state index in [4.69, 9.17) is 4.42 Å². The van der Waals surface area contributed by atoms with E-state index in [0.29, 0.717) is 38.5 Å². The van der Waals surface area contributed by atoms with Gasteiger partial charge < -0.3 is 19.5 Å². The highest BCUT2D eigenvalue weighted by atomic mass is 32.2. The predicted molar refractivity (Wildman–Crippen MR) is 114 cm³/mol. The monoisotopic (exact) mass is 433 g/mol. The molecule has 1 N–H and O–H groups in total. The Labute approximate surface area is 177 Å². The van der Waals surface area contributed by atoms with Crippen molar-refractivity contribution in [1.82, 2.24) is 19.4 Å². The average molecular weight is 434 g/mol. The normalized spacial score (nSPS) is 15.5. The van der Waals surface area contributed by atoms with Crippen molar-refractivity contribution in [2.75, 3.05) is 47.3 Å². The highest BCUT2D eigenvalue weighted by Crippen LogP contribution is 2.14. The first kappa shape index (κ1) is 21.8. The zero-order valence-corrected chi connectivity index (χ0v) is 18.2. The van der Waals surface area contributed by atoms with Gasteiger partial charge in [0.15, 0.2) is 11.7 Å². The maximum Gasteiger partial charge on any atom is 0.289 e. The smallest absolute Gasteiger partial charge is 0.289 e. The zero-order chi connectivity index (χ0) is 21.7. The zero-order valence-electron chi connectivity index (χ0n) is 17.4. The molecule has 30 heavy (non-hydrogen) atoms. The third kappa shape index (κ3) is 4.82. The van der Waals surface area contributed by atoms with E-state index in [9.17, 15) is 13.2 Å². The van der Waals surface area contributed by atoms with Crippen molar-refractivity contribution < 1.29 is 17.6 Å². The Kier molecular flexibility index (Phi) is 6.78. The lowest BCUT2D eigenvalue weighted by Gasteiger charge is -2.36. The maximum atomic E-state index is 12.4. The summed E-state index contributed by atoms with van der Waals surface area (Å²) in [4.78, 5) is 20.8. The van der Waals surface area contributed by atoms with E-state index >= 15 is 0 Å². The van der Waals surface area contributed by atoms with Crippen LogP contribution in [0.25, 0.3) is 0 Å². The number of rotatable bonds is 5. The van der Waals surface area contributed by atoms with Crippen LogP contribution in [-0.4, -0.2) is 81.7 Å². The second-order valence-electron chi connectivity index (χ2n) is 7.09. The number of benzene rings is 1. The molecule has 1 aromatic carbocycles. The summed E-state index contributed by atoms with van der Waals surface area (Å²) < 4.78 is 30.7. The summed E-state index contributed by atoms with van der Waals surface area (Å²) in [5.74, 6) is 0.992. The van der Waals surface area contributed by atoms with E-state index in [0.717, 1.165) is 11.5 Å². The fourth-order valence-electron chi connectivity index (χ4n) is 3.18. The van der Waals surface area contributed by atoms with Gasteiger partial charge in [-0.25, -0.2) is 12.7 Å². The minimum absolute atomic E-state index is 0.102. The lowest BCUT2D eigenvalue weighted by molar-refractivity contribution is 0.0657. The van der Waals surface area contributed by atoms with Gasteiger partial charge in [0.25, 0.3) is 5.91 Å².